The Balaban J connectivity index is 1.51. The Bertz CT molecular complexity index is 565. The Morgan fingerprint density at radius 1 is 1.00 bits per heavy atom. The normalized spacial score (nSPS) is 34.1. The molecule has 4 rings (SSSR count). The molecule has 0 aromatic heterocycles. The molecule has 2 amide bonds. The minimum atomic E-state index is -0.187. The summed E-state index contributed by atoms with van der Waals surface area (Å²) in [5, 5.41) is 1.01. The summed E-state index contributed by atoms with van der Waals surface area (Å²) in [7, 11) is 0. The summed E-state index contributed by atoms with van der Waals surface area (Å²) < 4.78 is 0. The molecule has 1 saturated heterocycles. The number of amides is 2. The third-order valence-corrected chi connectivity index (χ3v) is 4.63. The molecule has 1 aromatic rings. The second kappa shape index (κ2) is 4.28. The van der Waals surface area contributed by atoms with E-state index >= 15 is 0 Å². The van der Waals surface area contributed by atoms with Crippen molar-refractivity contribution in [2.24, 2.45) is 23.7 Å². The van der Waals surface area contributed by atoms with Crippen LogP contribution in [0.4, 0.5) is 0 Å². The summed E-state index contributed by atoms with van der Waals surface area (Å²) in [4.78, 5) is 30.2. The first-order chi connectivity index (χ1) is 9.75. The van der Waals surface area contributed by atoms with E-state index in [4.69, 9.17) is 4.84 Å². The molecule has 3 aliphatic rings. The molecule has 2 fully saturated rings. The molecule has 2 bridgehead atoms. The zero-order valence-corrected chi connectivity index (χ0v) is 10.9. The highest BCUT2D eigenvalue weighted by Gasteiger charge is 2.60. The van der Waals surface area contributed by atoms with Crippen LogP contribution < -0.4 is 0 Å². The van der Waals surface area contributed by atoms with Gasteiger partial charge in [-0.2, -0.15) is 5.06 Å². The van der Waals surface area contributed by atoms with Gasteiger partial charge < -0.3 is 0 Å². The monoisotopic (exact) mass is 269 g/mol. The molecule has 20 heavy (non-hydrogen) atoms. The molecule has 4 nitrogen and oxygen atoms in total. The van der Waals surface area contributed by atoms with Crippen LogP contribution in [0.25, 0.3) is 0 Å². The standard InChI is InChI=1S/C16H15NO3/c18-15-13-11-6-7-12(8-11)14(13)16(19)17(15)20-9-10-4-2-1-3-5-10/h1-7,11-14H,8-9H2/t11-,12-,13-,14-/m0/s1. The quantitative estimate of drug-likeness (QED) is 0.622. The number of benzene rings is 1. The van der Waals surface area contributed by atoms with Gasteiger partial charge in [0.15, 0.2) is 0 Å². The first-order valence-electron chi connectivity index (χ1n) is 6.98. The number of imide groups is 1. The lowest BCUT2D eigenvalue weighted by Gasteiger charge is -2.16. The maximum Gasteiger partial charge on any atom is 0.258 e. The van der Waals surface area contributed by atoms with Crippen LogP contribution in [0.15, 0.2) is 42.5 Å². The number of allylic oxidation sites excluding steroid dienone is 2. The molecular weight excluding hydrogens is 254 g/mol. The van der Waals surface area contributed by atoms with Crippen LogP contribution in [0.1, 0.15) is 12.0 Å². The molecule has 4 heteroatoms. The molecule has 1 aliphatic heterocycles. The minimum absolute atomic E-state index is 0.159. The van der Waals surface area contributed by atoms with Crippen molar-refractivity contribution in [2.75, 3.05) is 0 Å². The molecule has 0 spiro atoms. The number of hydrogen-bond donors (Lipinski definition) is 0. The van der Waals surface area contributed by atoms with Gasteiger partial charge in [-0.15, -0.1) is 0 Å². The van der Waals surface area contributed by atoms with Crippen molar-refractivity contribution in [3.05, 3.63) is 48.0 Å². The van der Waals surface area contributed by atoms with E-state index < -0.39 is 0 Å². The highest BCUT2D eigenvalue weighted by Crippen LogP contribution is 2.52. The molecule has 1 heterocycles. The summed E-state index contributed by atoms with van der Waals surface area (Å²) in [5.74, 6) is -0.236. The lowest BCUT2D eigenvalue weighted by atomic mass is 9.85. The number of carbonyl (C=O) groups excluding carboxylic acids is 2. The van der Waals surface area contributed by atoms with Gasteiger partial charge in [0.05, 0.1) is 11.8 Å². The van der Waals surface area contributed by atoms with Gasteiger partial charge in [0.1, 0.15) is 6.61 Å². The van der Waals surface area contributed by atoms with Gasteiger partial charge in [-0.05, 0) is 23.8 Å². The van der Waals surface area contributed by atoms with Crippen LogP contribution in [-0.2, 0) is 21.0 Å². The van der Waals surface area contributed by atoms with Crippen LogP contribution in [0.3, 0.4) is 0 Å². The van der Waals surface area contributed by atoms with Crippen LogP contribution in [0.2, 0.25) is 0 Å². The lowest BCUT2D eigenvalue weighted by Crippen LogP contribution is -2.32. The Hall–Kier alpha value is -1.94. The smallest absolute Gasteiger partial charge is 0.258 e. The molecule has 0 N–H and O–H groups in total. The van der Waals surface area contributed by atoms with Crippen molar-refractivity contribution in [2.45, 2.75) is 13.0 Å². The van der Waals surface area contributed by atoms with Crippen LogP contribution >= 0.6 is 0 Å². The van der Waals surface area contributed by atoms with Gasteiger partial charge in [-0.3, -0.25) is 14.4 Å². The second-order valence-electron chi connectivity index (χ2n) is 5.73. The maximum atomic E-state index is 12.4. The summed E-state index contributed by atoms with van der Waals surface area (Å²) in [5.41, 5.74) is 0.950. The average Bonchev–Trinajstić information content (AvgIpc) is 3.13. The van der Waals surface area contributed by atoms with Crippen LogP contribution in [0.5, 0.6) is 0 Å². The molecule has 0 unspecified atom stereocenters. The summed E-state index contributed by atoms with van der Waals surface area (Å²) in [6.07, 6.45) is 5.11. The van der Waals surface area contributed by atoms with E-state index in [0.717, 1.165) is 17.0 Å². The summed E-state index contributed by atoms with van der Waals surface area (Å²) in [6, 6.07) is 9.56. The second-order valence-corrected chi connectivity index (χ2v) is 5.73. The van der Waals surface area contributed by atoms with Gasteiger partial charge >= 0.3 is 0 Å². The van der Waals surface area contributed by atoms with Crippen molar-refractivity contribution >= 4 is 11.8 Å². The van der Waals surface area contributed by atoms with E-state index in [1.807, 2.05) is 30.3 Å². The van der Waals surface area contributed by atoms with E-state index in [2.05, 4.69) is 12.2 Å². The first-order valence-corrected chi connectivity index (χ1v) is 6.98. The topological polar surface area (TPSA) is 46.6 Å². The van der Waals surface area contributed by atoms with Crippen LogP contribution in [0, 0.1) is 23.7 Å². The Morgan fingerprint density at radius 2 is 1.60 bits per heavy atom. The van der Waals surface area contributed by atoms with Crippen molar-refractivity contribution < 1.29 is 14.4 Å². The summed E-state index contributed by atoms with van der Waals surface area (Å²) in [6.45, 7) is 0.251. The first kappa shape index (κ1) is 11.9. The van der Waals surface area contributed by atoms with Gasteiger partial charge in [-0.1, -0.05) is 42.5 Å². The number of rotatable bonds is 3. The van der Waals surface area contributed by atoms with E-state index in [1.54, 1.807) is 0 Å². The lowest BCUT2D eigenvalue weighted by molar-refractivity contribution is -0.193. The fraction of sp³-hybridized carbons (Fsp3) is 0.375. The predicted octanol–water partition coefficient (Wildman–Crippen LogP) is 1.93. The minimum Gasteiger partial charge on any atom is -0.272 e. The van der Waals surface area contributed by atoms with E-state index in [-0.39, 0.29) is 42.1 Å². The zero-order valence-electron chi connectivity index (χ0n) is 10.9. The molecule has 2 aliphatic carbocycles. The third kappa shape index (κ3) is 1.58. The number of carbonyl (C=O) groups is 2. The third-order valence-electron chi connectivity index (χ3n) is 4.63. The van der Waals surface area contributed by atoms with Gasteiger partial charge in [0, 0.05) is 0 Å². The molecule has 4 atom stereocenters. The van der Waals surface area contributed by atoms with Crippen LogP contribution in [-0.4, -0.2) is 16.9 Å². The number of hydroxylamine groups is 2. The molecular formula is C16H15NO3. The van der Waals surface area contributed by atoms with Gasteiger partial charge in [-0.25, -0.2) is 0 Å². The maximum absolute atomic E-state index is 12.4. The Morgan fingerprint density at radius 3 is 2.20 bits per heavy atom. The largest absolute Gasteiger partial charge is 0.272 e. The molecule has 1 aromatic carbocycles. The average molecular weight is 269 g/mol. The fourth-order valence-corrected chi connectivity index (χ4v) is 3.72. The highest BCUT2D eigenvalue weighted by atomic mass is 16.7. The number of nitrogens with zero attached hydrogens (tertiary/aromatic N) is 1. The molecule has 0 radical (unpaired) electrons. The van der Waals surface area contributed by atoms with E-state index in [1.165, 1.54) is 0 Å². The van der Waals surface area contributed by atoms with E-state index in [0.29, 0.717) is 0 Å². The number of hydrogen-bond acceptors (Lipinski definition) is 3. The van der Waals surface area contributed by atoms with Crippen molar-refractivity contribution in [3.8, 4) is 0 Å². The predicted molar refractivity (Wildman–Crippen MR) is 70.8 cm³/mol. The number of fused-ring (bicyclic) bond motifs is 5. The SMILES string of the molecule is O=C1[C@@H]2[C@@H](C(=O)N1OCc1ccccc1)[C@H]1C=C[C@H]2C1. The van der Waals surface area contributed by atoms with Crippen molar-refractivity contribution in [1.82, 2.24) is 5.06 Å². The van der Waals surface area contributed by atoms with Gasteiger partial charge in [0.2, 0.25) is 0 Å². The Kier molecular flexibility index (Phi) is 2.54. The molecule has 102 valence electrons. The summed E-state index contributed by atoms with van der Waals surface area (Å²) >= 11 is 0. The van der Waals surface area contributed by atoms with E-state index in [9.17, 15) is 9.59 Å². The highest BCUT2D eigenvalue weighted by molar-refractivity contribution is 6.05. The Labute approximate surface area is 117 Å². The van der Waals surface area contributed by atoms with Crippen molar-refractivity contribution in [1.29, 1.82) is 0 Å². The molecule has 1 saturated carbocycles. The zero-order chi connectivity index (χ0) is 13.7. The van der Waals surface area contributed by atoms with Gasteiger partial charge in [0.25, 0.3) is 11.8 Å². The fourth-order valence-electron chi connectivity index (χ4n) is 3.72. The van der Waals surface area contributed by atoms with Crippen molar-refractivity contribution in [3.63, 3.8) is 0 Å².